The van der Waals surface area contributed by atoms with E-state index < -0.39 is 36.2 Å². The quantitative estimate of drug-likeness (QED) is 0.399. The average Bonchev–Trinajstić information content (AvgIpc) is 2.82. The maximum absolute atomic E-state index is 11.8. The normalized spacial score (nSPS) is 30.3. The molecule has 5 unspecified atom stereocenters. The summed E-state index contributed by atoms with van der Waals surface area (Å²) < 4.78 is 15.5. The van der Waals surface area contributed by atoms with Crippen LogP contribution in [0.15, 0.2) is 0 Å². The van der Waals surface area contributed by atoms with E-state index in [1.807, 2.05) is 20.8 Å². The molecule has 1 fully saturated rings. The molecule has 0 bridgehead atoms. The topological polar surface area (TPSA) is 105 Å². The minimum absolute atomic E-state index is 0.163. The van der Waals surface area contributed by atoms with Gasteiger partial charge in [0.05, 0.1) is 6.10 Å². The van der Waals surface area contributed by atoms with Crippen LogP contribution in [0.5, 0.6) is 0 Å². The molecule has 6 atom stereocenters. The van der Waals surface area contributed by atoms with Crippen molar-refractivity contribution in [1.29, 1.82) is 0 Å². The summed E-state index contributed by atoms with van der Waals surface area (Å²) in [7, 11) is 0. The zero-order valence-corrected chi connectivity index (χ0v) is 16.0. The smallest absolute Gasteiger partial charge is 0.332 e. The molecule has 0 aromatic heterocycles. The number of ether oxygens (including phenoxy) is 3. The van der Waals surface area contributed by atoms with Crippen LogP contribution >= 0.6 is 0 Å². The average molecular weight is 362 g/mol. The third-order valence-corrected chi connectivity index (χ3v) is 5.02. The number of hydrogen-bond donors (Lipinski definition) is 3. The molecule has 1 aliphatic rings. The van der Waals surface area contributed by atoms with Crippen LogP contribution in [0.2, 0.25) is 0 Å². The predicted molar refractivity (Wildman–Crippen MR) is 91.4 cm³/mol. The number of aliphatic hydroxyl groups is 3. The van der Waals surface area contributed by atoms with E-state index >= 15 is 0 Å². The Morgan fingerprint density at radius 1 is 1.28 bits per heavy atom. The summed E-state index contributed by atoms with van der Waals surface area (Å²) in [5, 5.41) is 30.0. The Morgan fingerprint density at radius 2 is 1.92 bits per heavy atom. The van der Waals surface area contributed by atoms with Gasteiger partial charge >= 0.3 is 5.97 Å². The van der Waals surface area contributed by atoms with Crippen molar-refractivity contribution in [2.45, 2.75) is 78.7 Å². The molecule has 0 aromatic carbocycles. The Balaban J connectivity index is 2.40. The maximum Gasteiger partial charge on any atom is 0.332 e. The van der Waals surface area contributed by atoms with Gasteiger partial charge in [-0.15, -0.1) is 0 Å². The minimum atomic E-state index is -1.06. The Bertz CT molecular complexity index is 414. The van der Waals surface area contributed by atoms with Crippen molar-refractivity contribution in [3.8, 4) is 0 Å². The lowest BCUT2D eigenvalue weighted by atomic mass is 9.79. The predicted octanol–water partition coefficient (Wildman–Crippen LogP) is 1.43. The van der Waals surface area contributed by atoms with Gasteiger partial charge in [-0.25, -0.2) is 4.79 Å². The number of esters is 1. The minimum Gasteiger partial charge on any atom is -0.461 e. The summed E-state index contributed by atoms with van der Waals surface area (Å²) in [6, 6.07) is 0. The fourth-order valence-corrected chi connectivity index (χ4v) is 3.30. The zero-order chi connectivity index (χ0) is 19.2. The van der Waals surface area contributed by atoms with Crippen molar-refractivity contribution in [1.82, 2.24) is 0 Å². The highest BCUT2D eigenvalue weighted by molar-refractivity contribution is 5.70. The van der Waals surface area contributed by atoms with Crippen molar-refractivity contribution < 1.29 is 34.3 Å². The molecule has 148 valence electrons. The Labute approximate surface area is 150 Å². The molecule has 0 aliphatic carbocycles. The first-order valence-electron chi connectivity index (χ1n) is 9.11. The lowest BCUT2D eigenvalue weighted by Crippen LogP contribution is -2.37. The molecule has 0 spiro atoms. The summed E-state index contributed by atoms with van der Waals surface area (Å²) in [5.41, 5.74) is -0.433. The summed E-state index contributed by atoms with van der Waals surface area (Å²) in [4.78, 5) is 11.8. The molecule has 7 nitrogen and oxygen atoms in total. The van der Waals surface area contributed by atoms with Gasteiger partial charge in [-0.05, 0) is 25.2 Å². The van der Waals surface area contributed by atoms with Crippen LogP contribution in [0.25, 0.3) is 0 Å². The number of aliphatic hydroxyl groups excluding tert-OH is 3. The second-order valence-corrected chi connectivity index (χ2v) is 7.58. The Hall–Kier alpha value is -0.730. The van der Waals surface area contributed by atoms with Gasteiger partial charge in [0, 0.05) is 11.3 Å². The first kappa shape index (κ1) is 22.3. The van der Waals surface area contributed by atoms with Crippen LogP contribution in [-0.2, 0) is 19.0 Å². The molecule has 1 saturated heterocycles. The van der Waals surface area contributed by atoms with Crippen LogP contribution in [0, 0.1) is 17.3 Å². The second kappa shape index (κ2) is 9.83. The van der Waals surface area contributed by atoms with Gasteiger partial charge < -0.3 is 29.5 Å². The van der Waals surface area contributed by atoms with E-state index in [9.17, 15) is 20.1 Å². The molecule has 1 heterocycles. The largest absolute Gasteiger partial charge is 0.461 e. The summed E-state index contributed by atoms with van der Waals surface area (Å²) in [6.45, 7) is 9.34. The Kier molecular flexibility index (Phi) is 8.77. The van der Waals surface area contributed by atoms with E-state index in [1.165, 1.54) is 0 Å². The van der Waals surface area contributed by atoms with Gasteiger partial charge in [0.1, 0.15) is 19.3 Å². The highest BCUT2D eigenvalue weighted by atomic mass is 16.7. The molecule has 1 rings (SSSR count). The van der Waals surface area contributed by atoms with Crippen LogP contribution < -0.4 is 0 Å². The molecular formula is C18H34O7. The summed E-state index contributed by atoms with van der Waals surface area (Å²) >= 11 is 0. The number of carbonyl (C=O) groups excluding carboxylic acids is 1. The molecule has 3 N–H and O–H groups in total. The lowest BCUT2D eigenvalue weighted by Gasteiger charge is -2.34. The molecule has 0 aromatic rings. The van der Waals surface area contributed by atoms with Crippen LogP contribution in [0.3, 0.4) is 0 Å². The summed E-state index contributed by atoms with van der Waals surface area (Å²) in [5.74, 6) is -0.635. The summed E-state index contributed by atoms with van der Waals surface area (Å²) in [6.07, 6.45) is -1.69. The van der Waals surface area contributed by atoms with E-state index in [0.717, 1.165) is 12.8 Å². The lowest BCUT2D eigenvalue weighted by molar-refractivity contribution is -0.194. The number of hydrogen-bond acceptors (Lipinski definition) is 7. The third-order valence-electron chi connectivity index (χ3n) is 5.02. The van der Waals surface area contributed by atoms with E-state index in [-0.39, 0.29) is 19.1 Å². The highest BCUT2D eigenvalue weighted by Crippen LogP contribution is 2.34. The van der Waals surface area contributed by atoms with Crippen LogP contribution in [0.1, 0.15) is 53.9 Å². The van der Waals surface area contributed by atoms with Gasteiger partial charge in [-0.1, -0.05) is 34.6 Å². The first-order chi connectivity index (χ1) is 11.6. The van der Waals surface area contributed by atoms with Gasteiger partial charge in [0.25, 0.3) is 0 Å². The van der Waals surface area contributed by atoms with Gasteiger partial charge in [0.15, 0.2) is 12.6 Å². The first-order valence-corrected chi connectivity index (χ1v) is 9.11. The SMILES string of the molecule is CCC1C(O)O[C@@H](COC(=O)COC(O)C(C)(CC)CC(C)C)C1O. The molecule has 0 radical (unpaired) electrons. The van der Waals surface area contributed by atoms with Crippen molar-refractivity contribution in [2.75, 3.05) is 13.2 Å². The number of rotatable bonds is 10. The molecule has 25 heavy (non-hydrogen) atoms. The monoisotopic (exact) mass is 362 g/mol. The standard InChI is InChI=1S/C18H34O7/c1-6-12-15(20)13(25-16(12)21)9-23-14(19)10-24-17(22)18(5,7-2)8-11(3)4/h11-13,15-17,20-22H,6-10H2,1-5H3/t12?,13-,15?,16?,17?,18?/m0/s1. The van der Waals surface area contributed by atoms with Crippen molar-refractivity contribution in [3.63, 3.8) is 0 Å². The van der Waals surface area contributed by atoms with Crippen LogP contribution in [-0.4, -0.2) is 59.3 Å². The fraction of sp³-hybridized carbons (Fsp3) is 0.944. The van der Waals surface area contributed by atoms with Crippen molar-refractivity contribution >= 4 is 5.97 Å². The van der Waals surface area contributed by atoms with E-state index in [2.05, 4.69) is 13.8 Å². The van der Waals surface area contributed by atoms with E-state index in [1.54, 1.807) is 0 Å². The molecule has 1 aliphatic heterocycles. The van der Waals surface area contributed by atoms with Gasteiger partial charge in [-0.3, -0.25) is 0 Å². The third kappa shape index (κ3) is 6.18. The molecule has 0 saturated carbocycles. The fourth-order valence-electron chi connectivity index (χ4n) is 3.30. The van der Waals surface area contributed by atoms with Gasteiger partial charge in [0.2, 0.25) is 0 Å². The van der Waals surface area contributed by atoms with E-state index in [4.69, 9.17) is 14.2 Å². The molecule has 7 heteroatoms. The maximum atomic E-state index is 11.8. The van der Waals surface area contributed by atoms with Crippen LogP contribution in [0.4, 0.5) is 0 Å². The number of carbonyl (C=O) groups is 1. The van der Waals surface area contributed by atoms with Crippen molar-refractivity contribution in [3.05, 3.63) is 0 Å². The second-order valence-electron chi connectivity index (χ2n) is 7.58. The Morgan fingerprint density at radius 3 is 2.40 bits per heavy atom. The molecular weight excluding hydrogens is 328 g/mol. The van der Waals surface area contributed by atoms with E-state index in [0.29, 0.717) is 12.3 Å². The zero-order valence-electron chi connectivity index (χ0n) is 16.0. The molecule has 0 amide bonds. The van der Waals surface area contributed by atoms with Gasteiger partial charge in [-0.2, -0.15) is 0 Å². The highest BCUT2D eigenvalue weighted by Gasteiger charge is 2.42. The van der Waals surface area contributed by atoms with Crippen molar-refractivity contribution in [2.24, 2.45) is 17.3 Å².